The summed E-state index contributed by atoms with van der Waals surface area (Å²) in [7, 11) is -3.79. The molecule has 0 aliphatic rings. The normalized spacial score (nSPS) is 12.8. The summed E-state index contributed by atoms with van der Waals surface area (Å²) in [5.74, 6) is -1.85. The maximum atomic E-state index is 12.4. The summed E-state index contributed by atoms with van der Waals surface area (Å²) in [6, 6.07) is 8.78. The van der Waals surface area contributed by atoms with Crippen LogP contribution in [0.3, 0.4) is 0 Å². The van der Waals surface area contributed by atoms with Crippen LogP contribution in [0.2, 0.25) is 5.02 Å². The molecule has 1 unspecified atom stereocenters. The molecule has 2 aromatic rings. The van der Waals surface area contributed by atoms with Crippen LogP contribution in [0.25, 0.3) is 0 Å². The number of hydrogen-bond acceptors (Lipinski definition) is 5. The predicted octanol–water partition coefficient (Wildman–Crippen LogP) is 1.42. The van der Waals surface area contributed by atoms with Crippen molar-refractivity contribution < 1.29 is 28.8 Å². The molecule has 0 fully saturated rings. The van der Waals surface area contributed by atoms with Crippen molar-refractivity contribution in [1.82, 2.24) is 0 Å². The van der Waals surface area contributed by atoms with Crippen LogP contribution in [-0.2, 0) is 15.6 Å². The number of carboxylic acids is 1. The molecule has 3 N–H and O–H groups in total. The van der Waals surface area contributed by atoms with Gasteiger partial charge < -0.3 is 10.3 Å². The Hall–Kier alpha value is -1.97. The lowest BCUT2D eigenvalue weighted by atomic mass is 10.1. The van der Waals surface area contributed by atoms with Gasteiger partial charge in [0, 0.05) is 16.7 Å². The Balaban J connectivity index is 2.42. The summed E-state index contributed by atoms with van der Waals surface area (Å²) in [6.45, 7) is 0. The van der Waals surface area contributed by atoms with Crippen LogP contribution in [0.4, 0.5) is 5.69 Å². The van der Waals surface area contributed by atoms with Gasteiger partial charge in [0.25, 0.3) is 0 Å². The number of hydrogen-bond donors (Lipinski definition) is 3. The minimum atomic E-state index is -3.79. The lowest BCUT2D eigenvalue weighted by Crippen LogP contribution is -2.99. The number of nitrogens with one attached hydrogen (secondary N) is 1. The van der Waals surface area contributed by atoms with E-state index in [4.69, 9.17) is 16.7 Å². The number of quaternary nitrogens is 1. The van der Waals surface area contributed by atoms with Gasteiger partial charge in [-0.2, -0.15) is 5.23 Å². The second kappa shape index (κ2) is 6.65. The van der Waals surface area contributed by atoms with Crippen molar-refractivity contribution in [3.8, 4) is 0 Å². The molecule has 0 radical (unpaired) electrons. The van der Waals surface area contributed by atoms with Gasteiger partial charge in [-0.05, 0) is 30.3 Å². The van der Waals surface area contributed by atoms with E-state index in [-0.39, 0.29) is 21.7 Å². The molecular formula is C14H12ClNO6S. The third-order valence-corrected chi connectivity index (χ3v) is 5.04. The standard InChI is InChI=1S/C14H12ClNO6S/c15-11-3-5-12(6-4-11)23(21,22)8-10-2-1-9(14(17)18)7-13(10)16(19)20/h1-7,16,19H,8H2,(H,17,18). The summed E-state index contributed by atoms with van der Waals surface area (Å²) >= 11 is 5.71. The zero-order valence-electron chi connectivity index (χ0n) is 11.6. The van der Waals surface area contributed by atoms with Crippen LogP contribution in [0.5, 0.6) is 0 Å². The van der Waals surface area contributed by atoms with Gasteiger partial charge in [0.05, 0.1) is 16.2 Å². The summed E-state index contributed by atoms with van der Waals surface area (Å²) in [5, 5.41) is 28.3. The van der Waals surface area contributed by atoms with Gasteiger partial charge in [-0.15, -0.1) is 0 Å². The quantitative estimate of drug-likeness (QED) is 0.696. The highest BCUT2D eigenvalue weighted by molar-refractivity contribution is 7.90. The molecule has 0 bridgehead atoms. The average Bonchev–Trinajstić information content (AvgIpc) is 2.47. The summed E-state index contributed by atoms with van der Waals surface area (Å²) in [6.07, 6.45) is 0. The molecule has 0 aliphatic heterocycles. The fourth-order valence-electron chi connectivity index (χ4n) is 1.96. The predicted molar refractivity (Wildman–Crippen MR) is 81.5 cm³/mol. The van der Waals surface area contributed by atoms with Crippen LogP contribution in [0.15, 0.2) is 47.4 Å². The summed E-state index contributed by atoms with van der Waals surface area (Å²) in [5.41, 5.74) is -0.574. The molecule has 23 heavy (non-hydrogen) atoms. The Morgan fingerprint density at radius 2 is 1.78 bits per heavy atom. The molecule has 0 aromatic heterocycles. The van der Waals surface area contributed by atoms with Gasteiger partial charge in [-0.1, -0.05) is 17.7 Å². The number of halogens is 1. The first-order valence-electron chi connectivity index (χ1n) is 6.28. The number of benzene rings is 2. The summed E-state index contributed by atoms with van der Waals surface area (Å²) in [4.78, 5) is 10.9. The third kappa shape index (κ3) is 4.06. The highest BCUT2D eigenvalue weighted by atomic mass is 35.5. The number of carboxylic acid groups (broad SMARTS) is 1. The number of carbonyl (C=O) groups is 1. The Morgan fingerprint density at radius 1 is 1.17 bits per heavy atom. The first-order valence-corrected chi connectivity index (χ1v) is 8.31. The Morgan fingerprint density at radius 3 is 2.30 bits per heavy atom. The van der Waals surface area contributed by atoms with E-state index in [0.717, 1.165) is 6.07 Å². The fraction of sp³-hybridized carbons (Fsp3) is 0.0714. The molecule has 0 aliphatic carbocycles. The summed E-state index contributed by atoms with van der Waals surface area (Å²) < 4.78 is 24.7. The lowest BCUT2D eigenvalue weighted by molar-refractivity contribution is -0.991. The first-order chi connectivity index (χ1) is 10.7. The van der Waals surface area contributed by atoms with Crippen LogP contribution in [0.1, 0.15) is 15.9 Å². The molecule has 122 valence electrons. The van der Waals surface area contributed by atoms with Crippen molar-refractivity contribution in [2.45, 2.75) is 10.6 Å². The zero-order valence-corrected chi connectivity index (χ0v) is 13.1. The maximum absolute atomic E-state index is 12.4. The van der Waals surface area contributed by atoms with Crippen LogP contribution in [0, 0.1) is 5.21 Å². The first kappa shape index (κ1) is 17.4. The molecular weight excluding hydrogens is 346 g/mol. The van der Waals surface area contributed by atoms with E-state index in [1.807, 2.05) is 0 Å². The maximum Gasteiger partial charge on any atom is 0.335 e. The van der Waals surface area contributed by atoms with Gasteiger partial charge in [0.1, 0.15) is 0 Å². The van der Waals surface area contributed by atoms with Crippen molar-refractivity contribution in [2.75, 3.05) is 0 Å². The van der Waals surface area contributed by atoms with Gasteiger partial charge in [-0.3, -0.25) is 0 Å². The zero-order chi connectivity index (χ0) is 17.2. The molecule has 1 atom stereocenters. The van der Waals surface area contributed by atoms with Crippen molar-refractivity contribution in [3.05, 3.63) is 63.8 Å². The molecule has 0 saturated carbocycles. The third-order valence-electron chi connectivity index (χ3n) is 3.11. The Kier molecular flexibility index (Phi) is 5.03. The smallest absolute Gasteiger partial charge is 0.335 e. The topological polar surface area (TPSA) is 119 Å². The molecule has 0 amide bonds. The monoisotopic (exact) mass is 357 g/mol. The fourth-order valence-corrected chi connectivity index (χ4v) is 3.47. The largest absolute Gasteiger partial charge is 0.595 e. The molecule has 2 rings (SSSR count). The van der Waals surface area contributed by atoms with Crippen LogP contribution < -0.4 is 5.23 Å². The second-order valence-electron chi connectivity index (χ2n) is 4.70. The second-order valence-corrected chi connectivity index (χ2v) is 7.12. The van der Waals surface area contributed by atoms with E-state index in [2.05, 4.69) is 0 Å². The van der Waals surface area contributed by atoms with E-state index >= 15 is 0 Å². The van der Waals surface area contributed by atoms with Crippen molar-refractivity contribution in [2.24, 2.45) is 0 Å². The minimum absolute atomic E-state index is 0.000509. The Labute approximate surface area is 136 Å². The minimum Gasteiger partial charge on any atom is -0.595 e. The van der Waals surface area contributed by atoms with Gasteiger partial charge in [-0.25, -0.2) is 18.4 Å². The molecule has 9 heteroatoms. The van der Waals surface area contributed by atoms with E-state index in [0.29, 0.717) is 5.02 Å². The van der Waals surface area contributed by atoms with Crippen molar-refractivity contribution in [3.63, 3.8) is 0 Å². The van der Waals surface area contributed by atoms with Crippen molar-refractivity contribution >= 4 is 33.1 Å². The van der Waals surface area contributed by atoms with E-state index < -0.39 is 26.8 Å². The van der Waals surface area contributed by atoms with E-state index in [9.17, 15) is 23.6 Å². The van der Waals surface area contributed by atoms with Crippen LogP contribution in [-0.4, -0.2) is 24.7 Å². The van der Waals surface area contributed by atoms with Crippen molar-refractivity contribution in [1.29, 1.82) is 0 Å². The molecule has 0 heterocycles. The molecule has 7 nitrogen and oxygen atoms in total. The lowest BCUT2D eigenvalue weighted by Gasteiger charge is -2.16. The number of rotatable bonds is 5. The van der Waals surface area contributed by atoms with Crippen LogP contribution >= 0.6 is 11.6 Å². The number of sulfone groups is 1. The molecule has 2 aromatic carbocycles. The average molecular weight is 358 g/mol. The number of aromatic carboxylic acids is 1. The molecule has 0 spiro atoms. The van der Waals surface area contributed by atoms with E-state index in [1.165, 1.54) is 36.4 Å². The highest BCUT2D eigenvalue weighted by Gasteiger charge is 2.21. The highest BCUT2D eigenvalue weighted by Crippen LogP contribution is 2.22. The SMILES string of the molecule is O=C(O)c1ccc(CS(=O)(=O)c2ccc(Cl)cc2)c([NH+]([O-])O)c1. The molecule has 0 saturated heterocycles. The van der Waals surface area contributed by atoms with Gasteiger partial charge >= 0.3 is 5.97 Å². The van der Waals surface area contributed by atoms with E-state index in [1.54, 1.807) is 0 Å². The van der Waals surface area contributed by atoms with Gasteiger partial charge in [0.2, 0.25) is 0 Å². The Bertz CT molecular complexity index is 833. The van der Waals surface area contributed by atoms with Gasteiger partial charge in [0.15, 0.2) is 15.5 Å².